The fraction of sp³-hybridized carbons (Fsp3) is 0.261. The molecule has 1 amide bonds. The number of carbonyl (C=O) groups is 1. The van der Waals surface area contributed by atoms with Gasteiger partial charge in [-0.05, 0) is 43.5 Å². The maximum Gasteiger partial charge on any atom is 0.273 e. The Balaban J connectivity index is 1.14. The van der Waals surface area contributed by atoms with Crippen LogP contribution in [0.4, 0.5) is 0 Å². The lowest BCUT2D eigenvalue weighted by Gasteiger charge is -2.26. The lowest BCUT2D eigenvalue weighted by atomic mass is 10.0. The molecule has 1 atom stereocenters. The second-order valence-corrected chi connectivity index (χ2v) is 8.66. The number of nitrogens with one attached hydrogen (secondary N) is 1. The predicted molar refractivity (Wildman–Crippen MR) is 117 cm³/mol. The van der Waals surface area contributed by atoms with E-state index in [2.05, 4.69) is 21.5 Å². The number of hydrogen-bond donors (Lipinski definition) is 1. The number of aryl methyl sites for hydroxylation is 2. The summed E-state index contributed by atoms with van der Waals surface area (Å²) in [4.78, 5) is 16.9. The quantitative estimate of drug-likeness (QED) is 0.486. The van der Waals surface area contributed by atoms with Gasteiger partial charge in [0.25, 0.3) is 5.91 Å². The number of aromatic nitrogens is 2. The van der Waals surface area contributed by atoms with E-state index in [1.54, 1.807) is 17.4 Å². The second kappa shape index (κ2) is 8.39. The van der Waals surface area contributed by atoms with Crippen LogP contribution < -0.4 is 14.8 Å². The molecule has 2 aromatic carbocycles. The Morgan fingerprint density at radius 2 is 2.16 bits per heavy atom. The molecule has 0 bridgehead atoms. The van der Waals surface area contributed by atoms with E-state index in [-0.39, 0.29) is 24.3 Å². The highest BCUT2D eigenvalue weighted by Gasteiger charge is 2.21. The van der Waals surface area contributed by atoms with Gasteiger partial charge in [0.1, 0.15) is 24.2 Å². The molecule has 158 valence electrons. The summed E-state index contributed by atoms with van der Waals surface area (Å²) < 4.78 is 18.1. The molecule has 0 saturated heterocycles. The van der Waals surface area contributed by atoms with Crippen molar-refractivity contribution in [3.63, 3.8) is 0 Å². The molecule has 31 heavy (non-hydrogen) atoms. The zero-order valence-electron chi connectivity index (χ0n) is 17.0. The van der Waals surface area contributed by atoms with Crippen LogP contribution in [-0.2, 0) is 13.0 Å². The summed E-state index contributed by atoms with van der Waals surface area (Å²) in [5.74, 6) is 1.76. The first-order valence-corrected chi connectivity index (χ1v) is 10.9. The standard InChI is InChI=1S/C23H21N3O4S/c1-14-25-19-10-16(8-9-22(19)31-14)28-13-18-11-20(26-30-18)23(27)24-12-17-7-6-15-4-2-3-5-21(15)29-17/h2-5,8-11,17H,6-7,12-13H2,1H3,(H,24,27)/t17-/m1/s1. The molecule has 3 heterocycles. The Bertz CT molecular complexity index is 1230. The van der Waals surface area contributed by atoms with Crippen LogP contribution in [-0.4, -0.2) is 28.7 Å². The van der Waals surface area contributed by atoms with Crippen LogP contribution in [0, 0.1) is 6.92 Å². The highest BCUT2D eigenvalue weighted by Crippen LogP contribution is 2.27. The summed E-state index contributed by atoms with van der Waals surface area (Å²) in [7, 11) is 0. The molecule has 0 unspecified atom stereocenters. The molecule has 1 aliphatic rings. The normalized spacial score (nSPS) is 15.3. The molecule has 0 radical (unpaired) electrons. The highest BCUT2D eigenvalue weighted by molar-refractivity contribution is 7.18. The molecule has 4 aromatic rings. The first-order chi connectivity index (χ1) is 15.1. The van der Waals surface area contributed by atoms with Crippen molar-refractivity contribution in [1.82, 2.24) is 15.5 Å². The number of fused-ring (bicyclic) bond motifs is 2. The lowest BCUT2D eigenvalue weighted by Crippen LogP contribution is -2.37. The Morgan fingerprint density at radius 1 is 1.26 bits per heavy atom. The van der Waals surface area contributed by atoms with E-state index in [0.29, 0.717) is 18.1 Å². The van der Waals surface area contributed by atoms with Gasteiger partial charge in [-0.2, -0.15) is 0 Å². The van der Waals surface area contributed by atoms with Crippen molar-refractivity contribution in [2.75, 3.05) is 6.54 Å². The minimum absolute atomic E-state index is 0.0576. The molecule has 0 aliphatic carbocycles. The van der Waals surface area contributed by atoms with Gasteiger partial charge < -0.3 is 19.3 Å². The number of amides is 1. The molecular formula is C23H21N3O4S. The van der Waals surface area contributed by atoms with Crippen molar-refractivity contribution in [3.8, 4) is 11.5 Å². The molecule has 1 N–H and O–H groups in total. The Kier molecular flexibility index (Phi) is 5.30. The highest BCUT2D eigenvalue weighted by atomic mass is 32.1. The van der Waals surface area contributed by atoms with Crippen LogP contribution in [0.2, 0.25) is 0 Å². The molecule has 0 fully saturated rings. The summed E-state index contributed by atoms with van der Waals surface area (Å²) in [6.07, 6.45) is 1.74. The monoisotopic (exact) mass is 435 g/mol. The minimum Gasteiger partial charge on any atom is -0.488 e. The van der Waals surface area contributed by atoms with E-state index in [0.717, 1.165) is 33.8 Å². The first kappa shape index (κ1) is 19.6. The van der Waals surface area contributed by atoms with Gasteiger partial charge in [0.05, 0.1) is 21.8 Å². The van der Waals surface area contributed by atoms with E-state index in [4.69, 9.17) is 14.0 Å². The third kappa shape index (κ3) is 4.39. The minimum atomic E-state index is -0.295. The number of benzene rings is 2. The average Bonchev–Trinajstić information content (AvgIpc) is 3.41. The van der Waals surface area contributed by atoms with E-state index in [1.807, 2.05) is 43.3 Å². The molecule has 0 spiro atoms. The fourth-order valence-corrected chi connectivity index (χ4v) is 4.38. The largest absolute Gasteiger partial charge is 0.488 e. The molecular weight excluding hydrogens is 414 g/mol. The summed E-state index contributed by atoms with van der Waals surface area (Å²) in [6, 6.07) is 15.4. The lowest BCUT2D eigenvalue weighted by molar-refractivity contribution is 0.0909. The number of nitrogens with zero attached hydrogens (tertiary/aromatic N) is 2. The third-order valence-electron chi connectivity index (χ3n) is 5.13. The zero-order valence-corrected chi connectivity index (χ0v) is 17.8. The first-order valence-electron chi connectivity index (χ1n) is 10.1. The Labute approximate surface area is 183 Å². The van der Waals surface area contributed by atoms with Gasteiger partial charge in [-0.25, -0.2) is 4.98 Å². The number of thiazole rings is 1. The maximum absolute atomic E-state index is 12.4. The Hall–Kier alpha value is -3.39. The Morgan fingerprint density at radius 3 is 3.10 bits per heavy atom. The van der Waals surface area contributed by atoms with Crippen LogP contribution in [0.3, 0.4) is 0 Å². The van der Waals surface area contributed by atoms with Gasteiger partial charge in [-0.15, -0.1) is 11.3 Å². The topological polar surface area (TPSA) is 86.5 Å². The molecule has 8 heteroatoms. The van der Waals surface area contributed by atoms with E-state index in [1.165, 1.54) is 5.56 Å². The van der Waals surface area contributed by atoms with Gasteiger partial charge in [-0.3, -0.25) is 4.79 Å². The predicted octanol–water partition coefficient (Wildman–Crippen LogP) is 4.30. The SMILES string of the molecule is Cc1nc2cc(OCc3cc(C(=O)NC[C@H]4CCc5ccccc5O4)no3)ccc2s1. The van der Waals surface area contributed by atoms with E-state index < -0.39 is 0 Å². The number of para-hydroxylation sites is 1. The van der Waals surface area contributed by atoms with Crippen LogP contribution >= 0.6 is 11.3 Å². The van der Waals surface area contributed by atoms with Crippen molar-refractivity contribution in [2.24, 2.45) is 0 Å². The molecule has 0 saturated carbocycles. The third-order valence-corrected chi connectivity index (χ3v) is 6.08. The molecule has 7 nitrogen and oxygen atoms in total. The van der Waals surface area contributed by atoms with Crippen molar-refractivity contribution in [3.05, 3.63) is 70.6 Å². The van der Waals surface area contributed by atoms with Gasteiger partial charge in [-0.1, -0.05) is 23.4 Å². The van der Waals surface area contributed by atoms with Crippen LogP contribution in [0.5, 0.6) is 11.5 Å². The van der Waals surface area contributed by atoms with Gasteiger partial charge in [0.2, 0.25) is 0 Å². The maximum atomic E-state index is 12.4. The zero-order chi connectivity index (χ0) is 21.2. The fourth-order valence-electron chi connectivity index (χ4n) is 3.58. The molecule has 5 rings (SSSR count). The van der Waals surface area contributed by atoms with Crippen LogP contribution in [0.1, 0.15) is 33.2 Å². The van der Waals surface area contributed by atoms with Crippen LogP contribution in [0.25, 0.3) is 10.2 Å². The van der Waals surface area contributed by atoms with Crippen molar-refractivity contribution in [1.29, 1.82) is 0 Å². The summed E-state index contributed by atoms with van der Waals surface area (Å²) >= 11 is 1.64. The van der Waals surface area contributed by atoms with E-state index in [9.17, 15) is 4.79 Å². The van der Waals surface area contributed by atoms with Gasteiger partial charge in [0, 0.05) is 12.1 Å². The number of rotatable bonds is 6. The number of carbonyl (C=O) groups excluding carboxylic acids is 1. The van der Waals surface area contributed by atoms with Crippen molar-refractivity contribution < 1.29 is 18.8 Å². The van der Waals surface area contributed by atoms with Crippen LogP contribution in [0.15, 0.2) is 53.1 Å². The average molecular weight is 436 g/mol. The smallest absolute Gasteiger partial charge is 0.273 e. The number of hydrogen-bond acceptors (Lipinski definition) is 7. The molecule has 2 aromatic heterocycles. The van der Waals surface area contributed by atoms with Crippen molar-refractivity contribution in [2.45, 2.75) is 32.5 Å². The summed E-state index contributed by atoms with van der Waals surface area (Å²) in [5.41, 5.74) is 2.33. The summed E-state index contributed by atoms with van der Waals surface area (Å²) in [5, 5.41) is 7.75. The van der Waals surface area contributed by atoms with Gasteiger partial charge in [0.15, 0.2) is 11.5 Å². The van der Waals surface area contributed by atoms with Crippen molar-refractivity contribution >= 4 is 27.5 Å². The summed E-state index contributed by atoms with van der Waals surface area (Å²) in [6.45, 7) is 2.57. The van der Waals surface area contributed by atoms with E-state index >= 15 is 0 Å². The molecule has 1 aliphatic heterocycles. The van der Waals surface area contributed by atoms with Gasteiger partial charge >= 0.3 is 0 Å². The second-order valence-electron chi connectivity index (χ2n) is 7.43. The number of ether oxygens (including phenoxy) is 2.